The summed E-state index contributed by atoms with van der Waals surface area (Å²) >= 11 is 0. The van der Waals surface area contributed by atoms with Gasteiger partial charge in [0.15, 0.2) is 5.88 Å². The number of nitrogens with one attached hydrogen (secondary N) is 1. The van der Waals surface area contributed by atoms with E-state index in [0.29, 0.717) is 19.3 Å². The smallest absolute Gasteiger partial charge is 0.241 e. The molecule has 1 aromatic rings. The third kappa shape index (κ3) is 4.40. The fourth-order valence-corrected chi connectivity index (χ4v) is 4.23. The zero-order valence-electron chi connectivity index (χ0n) is 16.9. The van der Waals surface area contributed by atoms with Crippen LogP contribution < -0.4 is 11.1 Å². The minimum atomic E-state index is -0.582. The first-order valence-corrected chi connectivity index (χ1v) is 9.56. The molecule has 1 atom stereocenters. The van der Waals surface area contributed by atoms with Crippen molar-refractivity contribution in [1.82, 2.24) is 15.4 Å². The summed E-state index contributed by atoms with van der Waals surface area (Å²) in [4.78, 5) is 18.2. The van der Waals surface area contributed by atoms with E-state index in [1.54, 1.807) is 0 Å². The number of rotatable bonds is 5. The van der Waals surface area contributed by atoms with Crippen molar-refractivity contribution >= 4 is 5.91 Å². The summed E-state index contributed by atoms with van der Waals surface area (Å²) in [5, 5.41) is 16.5. The van der Waals surface area contributed by atoms with Gasteiger partial charge in [-0.15, -0.1) is 0 Å². The zero-order chi connectivity index (χ0) is 20.5. The highest BCUT2D eigenvalue weighted by atomic mass is 16.7. The second-order valence-corrected chi connectivity index (χ2v) is 8.84. The number of carbonyl (C=O) groups is 1. The van der Waals surface area contributed by atoms with E-state index in [9.17, 15) is 10.0 Å². The molecule has 8 heteroatoms. The van der Waals surface area contributed by atoms with E-state index in [0.717, 1.165) is 5.56 Å². The van der Waals surface area contributed by atoms with E-state index in [-0.39, 0.29) is 17.8 Å². The van der Waals surface area contributed by atoms with Gasteiger partial charge >= 0.3 is 0 Å². The van der Waals surface area contributed by atoms with E-state index in [1.807, 2.05) is 58.0 Å². The molecular weight excluding hydrogens is 358 g/mol. The predicted molar refractivity (Wildman–Crippen MR) is 105 cm³/mol. The minimum absolute atomic E-state index is 0.0657. The lowest BCUT2D eigenvalue weighted by atomic mass is 9.79. The molecule has 0 radical (unpaired) electrons. The van der Waals surface area contributed by atoms with Crippen LogP contribution in [0.5, 0.6) is 0 Å². The van der Waals surface area contributed by atoms with E-state index in [2.05, 4.69) is 10.9 Å². The molecule has 28 heavy (non-hydrogen) atoms. The van der Waals surface area contributed by atoms with Gasteiger partial charge in [0.1, 0.15) is 0 Å². The van der Waals surface area contributed by atoms with Crippen LogP contribution in [0.2, 0.25) is 0 Å². The number of nitrogens with two attached hydrogens (primary N) is 1. The molecule has 1 amide bonds. The minimum Gasteiger partial charge on any atom is -0.557 e. The molecule has 1 fully saturated rings. The Bertz CT molecular complexity index is 717. The van der Waals surface area contributed by atoms with Gasteiger partial charge in [-0.05, 0) is 46.1 Å². The van der Waals surface area contributed by atoms with Gasteiger partial charge in [0.2, 0.25) is 5.91 Å². The van der Waals surface area contributed by atoms with Crippen molar-refractivity contribution in [3.63, 3.8) is 0 Å². The van der Waals surface area contributed by atoms with Crippen molar-refractivity contribution in [2.24, 2.45) is 5.73 Å². The zero-order valence-corrected chi connectivity index (χ0v) is 16.9. The number of benzene rings is 1. The molecular formula is C20H30N5O3-. The maximum absolute atomic E-state index is 13.2. The third-order valence-electron chi connectivity index (χ3n) is 5.38. The van der Waals surface area contributed by atoms with Crippen molar-refractivity contribution in [2.75, 3.05) is 0 Å². The SMILES string of the molecule is CC1(C)CC(NC(=O)C(Cc2ccccc2)N2C=C(N)O[N-]2)CC(C)(C)N1O. The molecule has 0 aromatic heterocycles. The molecule has 2 heterocycles. The van der Waals surface area contributed by atoms with Crippen LogP contribution in [-0.4, -0.2) is 44.3 Å². The van der Waals surface area contributed by atoms with Gasteiger partial charge < -0.3 is 31.7 Å². The maximum atomic E-state index is 13.2. The lowest BCUT2D eigenvalue weighted by Crippen LogP contribution is -2.63. The van der Waals surface area contributed by atoms with Crippen molar-refractivity contribution < 1.29 is 14.8 Å². The second-order valence-electron chi connectivity index (χ2n) is 8.84. The molecule has 1 aromatic carbocycles. The maximum Gasteiger partial charge on any atom is 0.241 e. The van der Waals surface area contributed by atoms with Gasteiger partial charge in [-0.1, -0.05) is 30.3 Å². The standard InChI is InChI=1S/C20H30N5O3/c1-19(2)11-15(12-20(3,4)25(19)27)22-18(26)16(24-13-17(21)28-23-24)10-14-8-6-5-7-9-14/h5-9,13,15-16,27H,10-12,21H2,1-4H3,(H,22,26)/q-1. The summed E-state index contributed by atoms with van der Waals surface area (Å²) < 4.78 is 0. The molecule has 3 rings (SSSR count). The number of hydroxylamine groups is 2. The Hall–Kier alpha value is -2.29. The fraction of sp³-hybridized carbons (Fsp3) is 0.550. The van der Waals surface area contributed by atoms with Crippen LogP contribution >= 0.6 is 0 Å². The predicted octanol–water partition coefficient (Wildman–Crippen LogP) is 2.42. The summed E-state index contributed by atoms with van der Waals surface area (Å²) in [6.07, 6.45) is 3.27. The first-order valence-electron chi connectivity index (χ1n) is 9.56. The summed E-state index contributed by atoms with van der Waals surface area (Å²) in [7, 11) is 0. The number of piperidine rings is 1. The van der Waals surface area contributed by atoms with Gasteiger partial charge in [0, 0.05) is 29.7 Å². The van der Waals surface area contributed by atoms with Crippen LogP contribution in [0.4, 0.5) is 0 Å². The lowest BCUT2D eigenvalue weighted by Gasteiger charge is -2.51. The molecule has 154 valence electrons. The monoisotopic (exact) mass is 388 g/mol. The van der Waals surface area contributed by atoms with Crippen molar-refractivity contribution in [3.05, 3.63) is 53.6 Å². The molecule has 1 unspecified atom stereocenters. The van der Waals surface area contributed by atoms with E-state index < -0.39 is 17.1 Å². The normalized spacial score (nSPS) is 23.0. The van der Waals surface area contributed by atoms with Gasteiger partial charge in [-0.2, -0.15) is 5.06 Å². The molecule has 2 aliphatic rings. The highest BCUT2D eigenvalue weighted by Gasteiger charge is 2.45. The van der Waals surface area contributed by atoms with Crippen LogP contribution in [-0.2, 0) is 16.1 Å². The van der Waals surface area contributed by atoms with E-state index >= 15 is 0 Å². The van der Waals surface area contributed by atoms with Crippen LogP contribution in [0.15, 0.2) is 42.4 Å². The van der Waals surface area contributed by atoms with Crippen LogP contribution in [0.1, 0.15) is 46.1 Å². The van der Waals surface area contributed by atoms with Gasteiger partial charge in [0.05, 0.1) is 6.04 Å². The Morgan fingerprint density at radius 1 is 1.29 bits per heavy atom. The number of carbonyl (C=O) groups excluding carboxylic acids is 1. The number of hydrogen-bond acceptors (Lipinski definition) is 6. The average molecular weight is 388 g/mol. The molecule has 0 saturated carbocycles. The highest BCUT2D eigenvalue weighted by Crippen LogP contribution is 2.36. The van der Waals surface area contributed by atoms with Crippen molar-refractivity contribution in [1.29, 1.82) is 0 Å². The second kappa shape index (κ2) is 7.62. The molecule has 8 nitrogen and oxygen atoms in total. The van der Waals surface area contributed by atoms with E-state index in [4.69, 9.17) is 10.6 Å². The Morgan fingerprint density at radius 3 is 2.43 bits per heavy atom. The quantitative estimate of drug-likeness (QED) is 0.715. The summed E-state index contributed by atoms with van der Waals surface area (Å²) in [6.45, 7) is 7.90. The highest BCUT2D eigenvalue weighted by molar-refractivity contribution is 5.82. The van der Waals surface area contributed by atoms with Crippen LogP contribution in [0.25, 0.3) is 5.59 Å². The molecule has 0 bridgehead atoms. The molecule has 0 aliphatic carbocycles. The van der Waals surface area contributed by atoms with Crippen molar-refractivity contribution in [2.45, 2.75) is 70.1 Å². The first kappa shape index (κ1) is 20.4. The first-order chi connectivity index (χ1) is 13.1. The average Bonchev–Trinajstić information content (AvgIpc) is 3.04. The number of hydrogen-bond donors (Lipinski definition) is 3. The summed E-state index contributed by atoms with van der Waals surface area (Å²) in [5.41, 5.74) is 9.70. The number of nitrogens with zero attached hydrogens (tertiary/aromatic N) is 3. The Balaban J connectivity index is 1.76. The van der Waals surface area contributed by atoms with E-state index in [1.165, 1.54) is 16.3 Å². The molecule has 0 spiro atoms. The van der Waals surface area contributed by atoms with Crippen molar-refractivity contribution in [3.8, 4) is 0 Å². The lowest BCUT2D eigenvalue weighted by molar-refractivity contribution is -0.246. The Labute approximate surface area is 166 Å². The Kier molecular flexibility index (Phi) is 5.56. The number of amides is 1. The fourth-order valence-electron chi connectivity index (χ4n) is 4.23. The van der Waals surface area contributed by atoms with Gasteiger partial charge in [0.25, 0.3) is 0 Å². The molecule has 2 aliphatic heterocycles. The largest absolute Gasteiger partial charge is 0.557 e. The molecule has 4 N–H and O–H groups in total. The third-order valence-corrected chi connectivity index (χ3v) is 5.38. The summed E-state index contributed by atoms with van der Waals surface area (Å²) in [6, 6.07) is 9.11. The van der Waals surface area contributed by atoms with Gasteiger partial charge in [-0.3, -0.25) is 4.79 Å². The summed E-state index contributed by atoms with van der Waals surface area (Å²) in [5.74, 6) is 0.00635. The van der Waals surface area contributed by atoms with Gasteiger partial charge in [-0.25, -0.2) is 0 Å². The topological polar surface area (TPSA) is 105 Å². The molecule has 1 saturated heterocycles. The Morgan fingerprint density at radius 2 is 1.89 bits per heavy atom. The van der Waals surface area contributed by atoms with Crippen LogP contribution in [0, 0.1) is 0 Å². The van der Waals surface area contributed by atoms with Crippen LogP contribution in [0.3, 0.4) is 0 Å².